The van der Waals surface area contributed by atoms with E-state index in [9.17, 15) is 4.79 Å². The number of carbonyl (C=O) groups is 1. The van der Waals surface area contributed by atoms with Crippen LogP contribution in [-0.4, -0.2) is 11.9 Å². The normalized spacial score (nSPS) is 11.5. The van der Waals surface area contributed by atoms with Crippen LogP contribution in [0.1, 0.15) is 25.3 Å². The van der Waals surface area contributed by atoms with Crippen molar-refractivity contribution in [2.45, 2.75) is 32.7 Å². The number of aryl methyl sites for hydroxylation is 1. The number of hydrogen-bond donors (Lipinski definition) is 2. The standard InChI is InChI=1S/C12H17ClN2O.ClH/c1-3-4-10(14)12(16)15-11-7-8(2)5-6-9(11)13;/h5-7,10H,3-4,14H2,1-2H3,(H,15,16);1H. The molecule has 5 heteroatoms. The number of amides is 1. The number of rotatable bonds is 4. The van der Waals surface area contributed by atoms with Crippen molar-refractivity contribution in [3.8, 4) is 0 Å². The molecule has 1 unspecified atom stereocenters. The van der Waals surface area contributed by atoms with E-state index in [1.807, 2.05) is 26.0 Å². The molecule has 0 bridgehead atoms. The fourth-order valence-electron chi connectivity index (χ4n) is 1.40. The summed E-state index contributed by atoms with van der Waals surface area (Å²) in [5.41, 5.74) is 7.38. The van der Waals surface area contributed by atoms with E-state index in [2.05, 4.69) is 5.32 Å². The van der Waals surface area contributed by atoms with Gasteiger partial charge in [-0.2, -0.15) is 0 Å². The predicted molar refractivity (Wildman–Crippen MR) is 75.0 cm³/mol. The van der Waals surface area contributed by atoms with Gasteiger partial charge in [0.05, 0.1) is 16.8 Å². The third kappa shape index (κ3) is 4.94. The molecule has 1 amide bonds. The number of anilines is 1. The molecule has 0 aliphatic rings. The Morgan fingerprint density at radius 2 is 2.18 bits per heavy atom. The maximum absolute atomic E-state index is 11.7. The van der Waals surface area contributed by atoms with Gasteiger partial charge in [0.25, 0.3) is 0 Å². The van der Waals surface area contributed by atoms with E-state index in [1.54, 1.807) is 6.07 Å². The Kier molecular flexibility index (Phi) is 7.19. The Balaban J connectivity index is 0.00000256. The van der Waals surface area contributed by atoms with Crippen LogP contribution < -0.4 is 11.1 Å². The van der Waals surface area contributed by atoms with E-state index in [1.165, 1.54) is 0 Å². The van der Waals surface area contributed by atoms with Gasteiger partial charge in [-0.05, 0) is 31.0 Å². The van der Waals surface area contributed by atoms with Gasteiger partial charge in [0.2, 0.25) is 5.91 Å². The topological polar surface area (TPSA) is 55.1 Å². The molecule has 1 aromatic carbocycles. The van der Waals surface area contributed by atoms with Gasteiger partial charge in [-0.3, -0.25) is 4.79 Å². The summed E-state index contributed by atoms with van der Waals surface area (Å²) in [6, 6.07) is 5.02. The van der Waals surface area contributed by atoms with Gasteiger partial charge in [-0.15, -0.1) is 12.4 Å². The van der Waals surface area contributed by atoms with Crippen LogP contribution in [0.3, 0.4) is 0 Å². The first-order valence-corrected chi connectivity index (χ1v) is 5.75. The average molecular weight is 277 g/mol. The molecule has 17 heavy (non-hydrogen) atoms. The highest BCUT2D eigenvalue weighted by molar-refractivity contribution is 6.33. The largest absolute Gasteiger partial charge is 0.323 e. The highest BCUT2D eigenvalue weighted by Gasteiger charge is 2.13. The third-order valence-electron chi connectivity index (χ3n) is 2.32. The number of halogens is 2. The Bertz CT molecular complexity index is 383. The first kappa shape index (κ1) is 16.2. The van der Waals surface area contributed by atoms with Gasteiger partial charge in [-0.25, -0.2) is 0 Å². The molecule has 0 saturated heterocycles. The number of nitrogens with two attached hydrogens (primary N) is 1. The molecule has 1 aromatic rings. The zero-order chi connectivity index (χ0) is 12.1. The molecule has 3 N–H and O–H groups in total. The second kappa shape index (κ2) is 7.54. The van der Waals surface area contributed by atoms with Crippen molar-refractivity contribution in [2.75, 3.05) is 5.32 Å². The number of hydrogen-bond acceptors (Lipinski definition) is 2. The first-order valence-electron chi connectivity index (χ1n) is 5.37. The second-order valence-electron chi connectivity index (χ2n) is 3.87. The second-order valence-corrected chi connectivity index (χ2v) is 4.27. The Labute approximate surface area is 113 Å². The number of carbonyl (C=O) groups excluding carboxylic acids is 1. The number of benzene rings is 1. The molecular weight excluding hydrogens is 259 g/mol. The molecular formula is C12H18Cl2N2O. The van der Waals surface area contributed by atoms with Crippen molar-refractivity contribution in [3.63, 3.8) is 0 Å². The van der Waals surface area contributed by atoms with Crippen LogP contribution in [0.2, 0.25) is 5.02 Å². The lowest BCUT2D eigenvalue weighted by Crippen LogP contribution is -2.35. The first-order chi connectivity index (χ1) is 7.54. The SMILES string of the molecule is CCCC(N)C(=O)Nc1cc(C)ccc1Cl.Cl. The molecule has 0 aliphatic carbocycles. The van der Waals surface area contributed by atoms with Crippen molar-refractivity contribution < 1.29 is 4.79 Å². The highest BCUT2D eigenvalue weighted by Crippen LogP contribution is 2.22. The molecule has 1 rings (SSSR count). The molecule has 0 spiro atoms. The minimum Gasteiger partial charge on any atom is -0.323 e. The van der Waals surface area contributed by atoms with Crippen LogP contribution >= 0.6 is 24.0 Å². The smallest absolute Gasteiger partial charge is 0.241 e. The monoisotopic (exact) mass is 276 g/mol. The lowest BCUT2D eigenvalue weighted by atomic mass is 10.1. The summed E-state index contributed by atoms with van der Waals surface area (Å²) in [6.45, 7) is 3.94. The summed E-state index contributed by atoms with van der Waals surface area (Å²) in [5.74, 6) is -0.186. The van der Waals surface area contributed by atoms with Crippen LogP contribution in [0.25, 0.3) is 0 Å². The van der Waals surface area contributed by atoms with E-state index in [0.29, 0.717) is 17.1 Å². The van der Waals surface area contributed by atoms with Gasteiger partial charge >= 0.3 is 0 Å². The summed E-state index contributed by atoms with van der Waals surface area (Å²) in [5, 5.41) is 3.27. The zero-order valence-corrected chi connectivity index (χ0v) is 11.6. The van der Waals surface area contributed by atoms with E-state index in [-0.39, 0.29) is 18.3 Å². The lowest BCUT2D eigenvalue weighted by molar-refractivity contribution is -0.117. The van der Waals surface area contributed by atoms with Crippen LogP contribution in [0.4, 0.5) is 5.69 Å². The fourth-order valence-corrected chi connectivity index (χ4v) is 1.57. The summed E-state index contributed by atoms with van der Waals surface area (Å²) < 4.78 is 0. The summed E-state index contributed by atoms with van der Waals surface area (Å²) >= 11 is 5.97. The molecule has 1 atom stereocenters. The Morgan fingerprint density at radius 3 is 2.76 bits per heavy atom. The van der Waals surface area contributed by atoms with Crippen LogP contribution in [0.15, 0.2) is 18.2 Å². The number of nitrogens with one attached hydrogen (secondary N) is 1. The highest BCUT2D eigenvalue weighted by atomic mass is 35.5. The molecule has 0 aromatic heterocycles. The maximum Gasteiger partial charge on any atom is 0.241 e. The van der Waals surface area contributed by atoms with Crippen molar-refractivity contribution in [3.05, 3.63) is 28.8 Å². The van der Waals surface area contributed by atoms with E-state index >= 15 is 0 Å². The Hall–Kier alpha value is -0.770. The molecule has 0 heterocycles. The Morgan fingerprint density at radius 1 is 1.53 bits per heavy atom. The van der Waals surface area contributed by atoms with Crippen LogP contribution in [-0.2, 0) is 4.79 Å². The molecule has 0 fully saturated rings. The summed E-state index contributed by atoms with van der Waals surface area (Å²) in [4.78, 5) is 11.7. The van der Waals surface area contributed by atoms with Gasteiger partial charge < -0.3 is 11.1 Å². The zero-order valence-electron chi connectivity index (χ0n) is 10.00. The third-order valence-corrected chi connectivity index (χ3v) is 2.65. The van der Waals surface area contributed by atoms with Gasteiger partial charge in [-0.1, -0.05) is 31.0 Å². The van der Waals surface area contributed by atoms with Crippen LogP contribution in [0.5, 0.6) is 0 Å². The minimum atomic E-state index is -0.471. The van der Waals surface area contributed by atoms with Crippen molar-refractivity contribution in [1.82, 2.24) is 0 Å². The minimum absolute atomic E-state index is 0. The summed E-state index contributed by atoms with van der Waals surface area (Å²) in [7, 11) is 0. The van der Waals surface area contributed by atoms with E-state index in [4.69, 9.17) is 17.3 Å². The van der Waals surface area contributed by atoms with Gasteiger partial charge in [0.1, 0.15) is 0 Å². The summed E-state index contributed by atoms with van der Waals surface area (Å²) in [6.07, 6.45) is 1.56. The van der Waals surface area contributed by atoms with Crippen LogP contribution in [0, 0.1) is 6.92 Å². The fraction of sp³-hybridized carbons (Fsp3) is 0.417. The maximum atomic E-state index is 11.7. The van der Waals surface area contributed by atoms with Crippen molar-refractivity contribution in [2.24, 2.45) is 5.73 Å². The molecule has 96 valence electrons. The van der Waals surface area contributed by atoms with E-state index in [0.717, 1.165) is 12.0 Å². The quantitative estimate of drug-likeness (QED) is 0.888. The van der Waals surface area contributed by atoms with Crippen molar-refractivity contribution >= 4 is 35.6 Å². The molecule has 0 radical (unpaired) electrons. The van der Waals surface area contributed by atoms with Crippen molar-refractivity contribution in [1.29, 1.82) is 0 Å². The average Bonchev–Trinajstić information content (AvgIpc) is 2.23. The van der Waals surface area contributed by atoms with Gasteiger partial charge in [0, 0.05) is 0 Å². The predicted octanol–water partition coefficient (Wildman–Crippen LogP) is 3.14. The molecule has 0 saturated carbocycles. The van der Waals surface area contributed by atoms with Gasteiger partial charge in [0.15, 0.2) is 0 Å². The van der Waals surface area contributed by atoms with E-state index < -0.39 is 6.04 Å². The molecule has 0 aliphatic heterocycles. The molecule has 3 nitrogen and oxygen atoms in total. The lowest BCUT2D eigenvalue weighted by Gasteiger charge is -2.12.